The fourth-order valence-electron chi connectivity index (χ4n) is 2.38. The number of benzene rings is 2. The van der Waals surface area contributed by atoms with Crippen LogP contribution in [0.2, 0.25) is 0 Å². The van der Waals surface area contributed by atoms with Gasteiger partial charge in [0.05, 0.1) is 26.9 Å². The molecular formula is C18H22N2O4. The third-order valence-corrected chi connectivity index (χ3v) is 3.63. The maximum atomic E-state index is 12.4. The number of methoxy groups -OCH3 is 3. The number of amides is 1. The van der Waals surface area contributed by atoms with E-state index in [1.165, 1.54) is 21.3 Å². The summed E-state index contributed by atoms with van der Waals surface area (Å²) < 4.78 is 15.8. The fourth-order valence-corrected chi connectivity index (χ4v) is 2.38. The van der Waals surface area contributed by atoms with Gasteiger partial charge in [-0.1, -0.05) is 12.1 Å². The van der Waals surface area contributed by atoms with E-state index in [-0.39, 0.29) is 5.91 Å². The summed E-state index contributed by atoms with van der Waals surface area (Å²) in [5.41, 5.74) is 7.87. The normalized spacial score (nSPS) is 10.1. The van der Waals surface area contributed by atoms with Gasteiger partial charge in [-0.05, 0) is 36.2 Å². The number of rotatable bonds is 7. The number of hydrogen-bond donors (Lipinski definition) is 2. The molecule has 2 rings (SSSR count). The first kappa shape index (κ1) is 17.5. The molecule has 0 atom stereocenters. The van der Waals surface area contributed by atoms with E-state index in [2.05, 4.69) is 5.32 Å². The number of carbonyl (C=O) groups is 1. The predicted molar refractivity (Wildman–Crippen MR) is 93.0 cm³/mol. The molecule has 0 fully saturated rings. The van der Waals surface area contributed by atoms with Crippen LogP contribution in [0.5, 0.6) is 17.2 Å². The van der Waals surface area contributed by atoms with Crippen molar-refractivity contribution in [3.63, 3.8) is 0 Å². The van der Waals surface area contributed by atoms with Gasteiger partial charge in [-0.15, -0.1) is 0 Å². The SMILES string of the molecule is COc1ccc(C(=O)NCCc2ccc(N)cc2)c(OC)c1OC. The Hall–Kier alpha value is -2.89. The van der Waals surface area contributed by atoms with E-state index in [9.17, 15) is 4.79 Å². The Bertz CT molecular complexity index is 699. The molecule has 2 aromatic carbocycles. The standard InChI is InChI=1S/C18H22N2O4/c1-22-15-9-8-14(16(23-2)17(15)24-3)18(21)20-11-10-12-4-6-13(19)7-5-12/h4-9H,10-11,19H2,1-3H3,(H,20,21). The second-order valence-corrected chi connectivity index (χ2v) is 5.13. The van der Waals surface area contributed by atoms with Crippen LogP contribution in [0.3, 0.4) is 0 Å². The van der Waals surface area contributed by atoms with E-state index >= 15 is 0 Å². The van der Waals surface area contributed by atoms with Crippen molar-refractivity contribution < 1.29 is 19.0 Å². The van der Waals surface area contributed by atoms with Crippen molar-refractivity contribution >= 4 is 11.6 Å². The molecule has 0 heterocycles. The van der Waals surface area contributed by atoms with Crippen LogP contribution in [-0.2, 0) is 6.42 Å². The zero-order valence-corrected chi connectivity index (χ0v) is 14.1. The molecule has 0 saturated carbocycles. The highest BCUT2D eigenvalue weighted by Gasteiger charge is 2.20. The van der Waals surface area contributed by atoms with E-state index in [1.807, 2.05) is 24.3 Å². The summed E-state index contributed by atoms with van der Waals surface area (Å²) in [4.78, 5) is 12.4. The molecule has 0 aromatic heterocycles. The van der Waals surface area contributed by atoms with Gasteiger partial charge in [-0.2, -0.15) is 0 Å². The molecule has 0 aliphatic rings. The molecule has 0 unspecified atom stereocenters. The summed E-state index contributed by atoms with van der Waals surface area (Å²) in [7, 11) is 4.52. The Labute approximate surface area is 141 Å². The van der Waals surface area contributed by atoms with E-state index in [0.29, 0.717) is 35.8 Å². The van der Waals surface area contributed by atoms with Crippen LogP contribution >= 0.6 is 0 Å². The first-order valence-corrected chi connectivity index (χ1v) is 7.52. The van der Waals surface area contributed by atoms with Gasteiger partial charge in [0, 0.05) is 12.2 Å². The van der Waals surface area contributed by atoms with Crippen molar-refractivity contribution in [2.24, 2.45) is 0 Å². The smallest absolute Gasteiger partial charge is 0.255 e. The molecule has 0 saturated heterocycles. The summed E-state index contributed by atoms with van der Waals surface area (Å²) in [6, 6.07) is 10.9. The van der Waals surface area contributed by atoms with E-state index in [1.54, 1.807) is 12.1 Å². The Morgan fingerprint density at radius 2 is 1.62 bits per heavy atom. The number of nitrogens with two attached hydrogens (primary N) is 1. The minimum atomic E-state index is -0.233. The van der Waals surface area contributed by atoms with Gasteiger partial charge in [0.2, 0.25) is 5.75 Å². The summed E-state index contributed by atoms with van der Waals surface area (Å²) in [5, 5.41) is 2.88. The molecule has 128 valence electrons. The second-order valence-electron chi connectivity index (χ2n) is 5.13. The lowest BCUT2D eigenvalue weighted by atomic mass is 10.1. The summed E-state index contributed by atoms with van der Waals surface area (Å²) in [6.45, 7) is 0.500. The van der Waals surface area contributed by atoms with Crippen molar-refractivity contribution in [3.05, 3.63) is 47.5 Å². The highest BCUT2D eigenvalue weighted by atomic mass is 16.5. The number of nitrogen functional groups attached to an aromatic ring is 1. The molecule has 3 N–H and O–H groups in total. The fraction of sp³-hybridized carbons (Fsp3) is 0.278. The third kappa shape index (κ3) is 3.90. The van der Waals surface area contributed by atoms with Crippen molar-refractivity contribution in [3.8, 4) is 17.2 Å². The lowest BCUT2D eigenvalue weighted by molar-refractivity contribution is 0.0950. The topological polar surface area (TPSA) is 82.8 Å². The van der Waals surface area contributed by atoms with Crippen molar-refractivity contribution in [2.45, 2.75) is 6.42 Å². The Kier molecular flexibility index (Phi) is 5.89. The molecule has 1 amide bonds. The average Bonchev–Trinajstić information content (AvgIpc) is 2.61. The number of hydrogen-bond acceptors (Lipinski definition) is 5. The quantitative estimate of drug-likeness (QED) is 0.761. The Balaban J connectivity index is 2.07. The first-order valence-electron chi connectivity index (χ1n) is 7.52. The van der Waals surface area contributed by atoms with Crippen molar-refractivity contribution in [1.82, 2.24) is 5.32 Å². The van der Waals surface area contributed by atoms with Gasteiger partial charge in [-0.3, -0.25) is 4.79 Å². The lowest BCUT2D eigenvalue weighted by Gasteiger charge is -2.15. The lowest BCUT2D eigenvalue weighted by Crippen LogP contribution is -2.26. The summed E-state index contributed by atoms with van der Waals surface area (Å²) in [5.74, 6) is 1.02. The van der Waals surface area contributed by atoms with Crippen LogP contribution in [0.15, 0.2) is 36.4 Å². The van der Waals surface area contributed by atoms with Crippen LogP contribution in [0, 0.1) is 0 Å². The molecule has 24 heavy (non-hydrogen) atoms. The monoisotopic (exact) mass is 330 g/mol. The van der Waals surface area contributed by atoms with Gasteiger partial charge in [-0.25, -0.2) is 0 Å². The molecule has 0 aliphatic heterocycles. The predicted octanol–water partition coefficient (Wildman–Crippen LogP) is 2.27. The molecular weight excluding hydrogens is 308 g/mol. The zero-order valence-electron chi connectivity index (χ0n) is 14.1. The van der Waals surface area contributed by atoms with Gasteiger partial charge < -0.3 is 25.3 Å². The molecule has 0 bridgehead atoms. The van der Waals surface area contributed by atoms with Gasteiger partial charge >= 0.3 is 0 Å². The van der Waals surface area contributed by atoms with Crippen LogP contribution in [0.1, 0.15) is 15.9 Å². The number of ether oxygens (including phenoxy) is 3. The molecule has 0 spiro atoms. The number of anilines is 1. The summed E-state index contributed by atoms with van der Waals surface area (Å²) >= 11 is 0. The van der Waals surface area contributed by atoms with Gasteiger partial charge in [0.15, 0.2) is 11.5 Å². The van der Waals surface area contributed by atoms with E-state index in [0.717, 1.165) is 11.3 Å². The third-order valence-electron chi connectivity index (χ3n) is 3.63. The largest absolute Gasteiger partial charge is 0.493 e. The molecule has 6 nitrogen and oxygen atoms in total. The van der Waals surface area contributed by atoms with E-state index < -0.39 is 0 Å². The van der Waals surface area contributed by atoms with Gasteiger partial charge in [0.1, 0.15) is 0 Å². The molecule has 0 aliphatic carbocycles. The average molecular weight is 330 g/mol. The van der Waals surface area contributed by atoms with Crippen LogP contribution in [-0.4, -0.2) is 33.8 Å². The molecule has 6 heteroatoms. The highest BCUT2D eigenvalue weighted by Crippen LogP contribution is 2.39. The van der Waals surface area contributed by atoms with Crippen molar-refractivity contribution in [2.75, 3.05) is 33.6 Å². The number of carbonyl (C=O) groups excluding carboxylic acids is 1. The van der Waals surface area contributed by atoms with Crippen LogP contribution in [0.25, 0.3) is 0 Å². The minimum absolute atomic E-state index is 0.233. The maximum absolute atomic E-state index is 12.4. The summed E-state index contributed by atoms with van der Waals surface area (Å²) in [6.07, 6.45) is 0.710. The molecule has 0 radical (unpaired) electrons. The van der Waals surface area contributed by atoms with Gasteiger partial charge in [0.25, 0.3) is 5.91 Å². The van der Waals surface area contributed by atoms with E-state index in [4.69, 9.17) is 19.9 Å². The Morgan fingerprint density at radius 1 is 0.958 bits per heavy atom. The maximum Gasteiger partial charge on any atom is 0.255 e. The Morgan fingerprint density at radius 3 is 2.21 bits per heavy atom. The second kappa shape index (κ2) is 8.10. The highest BCUT2D eigenvalue weighted by molar-refractivity contribution is 5.98. The van der Waals surface area contributed by atoms with Crippen LogP contribution in [0.4, 0.5) is 5.69 Å². The minimum Gasteiger partial charge on any atom is -0.493 e. The van der Waals surface area contributed by atoms with Crippen molar-refractivity contribution in [1.29, 1.82) is 0 Å². The first-order chi connectivity index (χ1) is 11.6. The zero-order chi connectivity index (χ0) is 17.5. The molecule has 2 aromatic rings. The van der Waals surface area contributed by atoms with Crippen LogP contribution < -0.4 is 25.3 Å². The number of nitrogens with one attached hydrogen (secondary N) is 1.